The fourth-order valence-electron chi connectivity index (χ4n) is 3.45. The first-order chi connectivity index (χ1) is 17.4. The van der Waals surface area contributed by atoms with Crippen LogP contribution in [0.2, 0.25) is 0 Å². The molecule has 0 aliphatic rings. The molecule has 3 aromatic carbocycles. The summed E-state index contributed by atoms with van der Waals surface area (Å²) >= 11 is 0. The number of nitro groups is 1. The highest BCUT2D eigenvalue weighted by Crippen LogP contribution is 2.38. The molecule has 9 heteroatoms. The third kappa shape index (κ3) is 6.01. The van der Waals surface area contributed by atoms with E-state index in [1.165, 1.54) is 37.6 Å². The first-order valence-corrected chi connectivity index (χ1v) is 10.8. The average Bonchev–Trinajstić information content (AvgIpc) is 2.91. The van der Waals surface area contributed by atoms with Crippen LogP contribution in [0.25, 0.3) is 12.2 Å². The highest BCUT2D eigenvalue weighted by atomic mass is 16.6. The van der Waals surface area contributed by atoms with Gasteiger partial charge in [-0.3, -0.25) is 14.9 Å². The van der Waals surface area contributed by atoms with Crippen LogP contribution in [-0.2, 0) is 0 Å². The minimum atomic E-state index is -0.589. The molecule has 0 saturated carbocycles. The lowest BCUT2D eigenvalue weighted by molar-refractivity contribution is -0.385. The summed E-state index contributed by atoms with van der Waals surface area (Å²) in [6, 6.07) is 15.3. The van der Waals surface area contributed by atoms with Crippen LogP contribution in [0.5, 0.6) is 23.0 Å². The van der Waals surface area contributed by atoms with Crippen LogP contribution in [0.4, 0.5) is 11.4 Å². The topological polar surface area (TPSA) is 109 Å². The maximum Gasteiger partial charge on any atom is 0.311 e. The number of benzene rings is 3. The van der Waals surface area contributed by atoms with Crippen molar-refractivity contribution in [2.75, 3.05) is 33.8 Å². The second-order valence-corrected chi connectivity index (χ2v) is 7.36. The van der Waals surface area contributed by atoms with Crippen molar-refractivity contribution >= 4 is 29.3 Å². The van der Waals surface area contributed by atoms with Crippen molar-refractivity contribution in [2.24, 2.45) is 0 Å². The van der Waals surface area contributed by atoms with E-state index in [2.05, 4.69) is 5.32 Å². The molecule has 3 aromatic rings. The summed E-state index contributed by atoms with van der Waals surface area (Å²) in [6.07, 6.45) is 6.61. The summed E-state index contributed by atoms with van der Waals surface area (Å²) in [4.78, 5) is 23.2. The third-order valence-corrected chi connectivity index (χ3v) is 5.24. The Kier molecular flexibility index (Phi) is 8.66. The molecule has 0 aliphatic heterocycles. The number of hydrogen-bond donors (Lipinski definition) is 1. The molecule has 0 unspecified atom stereocenters. The molecule has 3 rings (SSSR count). The van der Waals surface area contributed by atoms with Gasteiger partial charge in [0.15, 0.2) is 23.0 Å². The standard InChI is InChI=1S/C27H26N2O7/c1-33-24-12-11-20(17-22(24)29(31)32)23(30)13-14-28-21-8-6-5-7-19(21)10-9-18-15-25(34-2)27(36-4)26(16-18)35-3/h5-17,28H,1-4H3. The molecule has 0 saturated heterocycles. The predicted molar refractivity (Wildman–Crippen MR) is 138 cm³/mol. The van der Waals surface area contributed by atoms with Crippen molar-refractivity contribution in [1.82, 2.24) is 0 Å². The van der Waals surface area contributed by atoms with Gasteiger partial charge in [-0.05, 0) is 41.5 Å². The SMILES string of the molecule is COc1ccc(C(=O)C=CNc2ccccc2C=Cc2cc(OC)c(OC)c(OC)c2)cc1[N+](=O)[O-]. The largest absolute Gasteiger partial charge is 0.493 e. The minimum Gasteiger partial charge on any atom is -0.493 e. The summed E-state index contributed by atoms with van der Waals surface area (Å²) in [7, 11) is 6.00. The van der Waals surface area contributed by atoms with E-state index in [0.717, 1.165) is 16.8 Å². The number of carbonyl (C=O) groups excluding carboxylic acids is 1. The Bertz CT molecular complexity index is 1290. The predicted octanol–water partition coefficient (Wildman–Crippen LogP) is 5.61. The van der Waals surface area contributed by atoms with Crippen molar-refractivity contribution in [3.8, 4) is 23.0 Å². The van der Waals surface area contributed by atoms with Crippen LogP contribution >= 0.6 is 0 Å². The molecule has 9 nitrogen and oxygen atoms in total. The molecule has 1 N–H and O–H groups in total. The number of nitrogens with zero attached hydrogens (tertiary/aromatic N) is 1. The molecular weight excluding hydrogens is 464 g/mol. The molecule has 0 aromatic heterocycles. The fraction of sp³-hybridized carbons (Fsp3) is 0.148. The fourth-order valence-corrected chi connectivity index (χ4v) is 3.45. The van der Waals surface area contributed by atoms with Gasteiger partial charge in [0.25, 0.3) is 0 Å². The van der Waals surface area contributed by atoms with E-state index < -0.39 is 10.7 Å². The number of carbonyl (C=O) groups is 1. The van der Waals surface area contributed by atoms with Gasteiger partial charge in [-0.15, -0.1) is 0 Å². The van der Waals surface area contributed by atoms with Gasteiger partial charge >= 0.3 is 5.69 Å². The lowest BCUT2D eigenvalue weighted by Gasteiger charge is -2.13. The summed E-state index contributed by atoms with van der Waals surface area (Å²) < 4.78 is 21.1. The van der Waals surface area contributed by atoms with Crippen LogP contribution < -0.4 is 24.3 Å². The van der Waals surface area contributed by atoms with Crippen LogP contribution in [0, 0.1) is 10.1 Å². The Labute approximate surface area is 208 Å². The normalized spacial score (nSPS) is 10.9. The summed E-state index contributed by atoms with van der Waals surface area (Å²) in [5.74, 6) is 1.30. The van der Waals surface area contributed by atoms with Crippen LogP contribution in [0.15, 0.2) is 66.9 Å². The second kappa shape index (κ2) is 12.1. The Morgan fingerprint density at radius 3 is 2.14 bits per heavy atom. The molecule has 0 aliphatic carbocycles. The average molecular weight is 491 g/mol. The number of ether oxygens (including phenoxy) is 4. The zero-order valence-corrected chi connectivity index (χ0v) is 20.3. The highest BCUT2D eigenvalue weighted by molar-refractivity contribution is 6.05. The molecule has 0 amide bonds. The van der Waals surface area contributed by atoms with E-state index in [1.807, 2.05) is 48.6 Å². The minimum absolute atomic E-state index is 0.0893. The number of allylic oxidation sites excluding steroid dienone is 1. The van der Waals surface area contributed by atoms with Gasteiger partial charge in [0.05, 0.1) is 33.4 Å². The third-order valence-electron chi connectivity index (χ3n) is 5.24. The number of nitrogens with one attached hydrogen (secondary N) is 1. The van der Waals surface area contributed by atoms with Crippen LogP contribution in [0.1, 0.15) is 21.5 Å². The van der Waals surface area contributed by atoms with Crippen LogP contribution in [0.3, 0.4) is 0 Å². The smallest absolute Gasteiger partial charge is 0.311 e. The van der Waals surface area contributed by atoms with Crippen molar-refractivity contribution in [3.63, 3.8) is 0 Å². The molecule has 0 spiro atoms. The number of nitro benzene ring substituents is 1. The monoisotopic (exact) mass is 490 g/mol. The first-order valence-electron chi connectivity index (χ1n) is 10.8. The molecular formula is C27H26N2O7. The Balaban J connectivity index is 1.79. The zero-order valence-electron chi connectivity index (χ0n) is 20.3. The number of para-hydroxylation sites is 1. The van der Waals surface area contributed by atoms with Crippen molar-refractivity contribution < 1.29 is 28.7 Å². The van der Waals surface area contributed by atoms with E-state index in [0.29, 0.717) is 17.2 Å². The van der Waals surface area contributed by atoms with E-state index in [1.54, 1.807) is 21.3 Å². The van der Waals surface area contributed by atoms with Gasteiger partial charge in [-0.2, -0.15) is 0 Å². The maximum absolute atomic E-state index is 12.5. The van der Waals surface area contributed by atoms with Crippen molar-refractivity contribution in [1.29, 1.82) is 0 Å². The summed E-state index contributed by atoms with van der Waals surface area (Å²) in [5, 5.41) is 14.3. The molecule has 186 valence electrons. The zero-order chi connectivity index (χ0) is 26.1. The van der Waals surface area contributed by atoms with Gasteiger partial charge in [0.1, 0.15) is 0 Å². The number of methoxy groups -OCH3 is 4. The van der Waals surface area contributed by atoms with E-state index in [9.17, 15) is 14.9 Å². The van der Waals surface area contributed by atoms with Gasteiger partial charge in [0, 0.05) is 29.6 Å². The number of hydrogen-bond acceptors (Lipinski definition) is 8. The Morgan fingerprint density at radius 2 is 1.53 bits per heavy atom. The van der Waals surface area contributed by atoms with Gasteiger partial charge in [0.2, 0.25) is 5.75 Å². The summed E-state index contributed by atoms with van der Waals surface area (Å²) in [5.41, 5.74) is 2.36. The van der Waals surface area contributed by atoms with E-state index >= 15 is 0 Å². The molecule has 0 radical (unpaired) electrons. The number of rotatable bonds is 11. The molecule has 36 heavy (non-hydrogen) atoms. The van der Waals surface area contributed by atoms with Crippen LogP contribution in [-0.4, -0.2) is 39.1 Å². The van der Waals surface area contributed by atoms with E-state index in [-0.39, 0.29) is 17.0 Å². The van der Waals surface area contributed by atoms with Gasteiger partial charge in [-0.1, -0.05) is 30.4 Å². The molecule has 0 bridgehead atoms. The van der Waals surface area contributed by atoms with Crippen molar-refractivity contribution in [2.45, 2.75) is 0 Å². The molecule has 0 fully saturated rings. The summed E-state index contributed by atoms with van der Waals surface area (Å²) in [6.45, 7) is 0. The number of ketones is 1. The Hall–Kier alpha value is -4.79. The quantitative estimate of drug-likeness (QED) is 0.121. The van der Waals surface area contributed by atoms with Crippen molar-refractivity contribution in [3.05, 3.63) is 93.7 Å². The number of anilines is 1. The van der Waals surface area contributed by atoms with Gasteiger partial charge in [-0.25, -0.2) is 0 Å². The highest BCUT2D eigenvalue weighted by Gasteiger charge is 2.17. The first kappa shape index (κ1) is 25.8. The Morgan fingerprint density at radius 1 is 0.861 bits per heavy atom. The van der Waals surface area contributed by atoms with Gasteiger partial charge < -0.3 is 24.3 Å². The molecule has 0 heterocycles. The molecule has 0 atom stereocenters. The maximum atomic E-state index is 12.5. The second-order valence-electron chi connectivity index (χ2n) is 7.36. The lowest BCUT2D eigenvalue weighted by atomic mass is 10.1. The lowest BCUT2D eigenvalue weighted by Crippen LogP contribution is -2.00. The van der Waals surface area contributed by atoms with E-state index in [4.69, 9.17) is 18.9 Å².